The summed E-state index contributed by atoms with van der Waals surface area (Å²) < 4.78 is 27.5. The second-order valence-corrected chi connectivity index (χ2v) is 11.4. The van der Waals surface area contributed by atoms with E-state index in [-0.39, 0.29) is 15.1 Å². The highest BCUT2D eigenvalue weighted by molar-refractivity contribution is 7.86. The second-order valence-electron chi connectivity index (χ2n) is 6.47. The Balaban J connectivity index is 2.46. The van der Waals surface area contributed by atoms with Crippen LogP contribution in [0.3, 0.4) is 0 Å². The van der Waals surface area contributed by atoms with E-state index in [1.807, 2.05) is 6.92 Å². The number of rotatable bonds is 7. The van der Waals surface area contributed by atoms with Crippen LogP contribution in [0.15, 0.2) is 0 Å². The Morgan fingerprint density at radius 3 is 2.53 bits per heavy atom. The van der Waals surface area contributed by atoms with Gasteiger partial charge in [0, 0.05) is 9.52 Å². The number of hydrogen-bond acceptors (Lipinski definition) is 3. The van der Waals surface area contributed by atoms with Crippen molar-refractivity contribution in [1.82, 2.24) is 0 Å². The van der Waals surface area contributed by atoms with Gasteiger partial charge in [0.25, 0.3) is 10.1 Å². The molecule has 0 spiro atoms. The first-order chi connectivity index (χ1) is 7.58. The molecule has 1 fully saturated rings. The molecule has 0 bridgehead atoms. The van der Waals surface area contributed by atoms with Gasteiger partial charge in [-0.05, 0) is 23.9 Å². The largest absolute Gasteiger partial charge is 0.264 e. The molecule has 1 saturated carbocycles. The van der Waals surface area contributed by atoms with Gasteiger partial charge in [0.05, 0.1) is 11.9 Å². The summed E-state index contributed by atoms with van der Waals surface area (Å²) in [6.45, 7) is 8.81. The molecular weight excluding hydrogens is 252 g/mol. The van der Waals surface area contributed by atoms with Crippen LogP contribution in [0.2, 0.25) is 10.6 Å². The van der Waals surface area contributed by atoms with Crippen molar-refractivity contribution in [3.63, 3.8) is 0 Å². The highest BCUT2D eigenvalue weighted by atomic mass is 32.2. The summed E-state index contributed by atoms with van der Waals surface area (Å²) in [5, 5.41) is 0.430. The quantitative estimate of drug-likeness (QED) is 0.531. The standard InChI is InChI=1S/C12H26O3SSi/c1-6-7-8-11(2,3)17-10-9-12(10,4)15-16(5,13)14/h10H,6-9,17H2,1-5H3. The summed E-state index contributed by atoms with van der Waals surface area (Å²) in [4.78, 5) is 0. The van der Waals surface area contributed by atoms with Crippen LogP contribution in [0.5, 0.6) is 0 Å². The van der Waals surface area contributed by atoms with Gasteiger partial charge in [-0.3, -0.25) is 4.18 Å². The minimum atomic E-state index is -3.30. The molecule has 0 heterocycles. The van der Waals surface area contributed by atoms with Gasteiger partial charge in [-0.2, -0.15) is 8.42 Å². The molecule has 0 aromatic rings. The molecule has 5 heteroatoms. The van der Waals surface area contributed by atoms with E-state index >= 15 is 0 Å². The van der Waals surface area contributed by atoms with Crippen LogP contribution in [-0.2, 0) is 14.3 Å². The summed E-state index contributed by atoms with van der Waals surface area (Å²) >= 11 is 0. The molecule has 1 rings (SSSR count). The minimum Gasteiger partial charge on any atom is -0.264 e. The molecule has 0 amide bonds. The van der Waals surface area contributed by atoms with Crippen molar-refractivity contribution in [2.24, 2.45) is 0 Å². The zero-order chi connectivity index (χ0) is 13.3. The fourth-order valence-electron chi connectivity index (χ4n) is 2.59. The molecule has 102 valence electrons. The minimum absolute atomic E-state index is 0.298. The summed E-state index contributed by atoms with van der Waals surface area (Å²) in [6.07, 6.45) is 5.86. The Morgan fingerprint density at radius 2 is 2.06 bits per heavy atom. The van der Waals surface area contributed by atoms with Gasteiger partial charge in [-0.15, -0.1) is 0 Å². The van der Waals surface area contributed by atoms with E-state index in [1.165, 1.54) is 19.3 Å². The smallest absolute Gasteiger partial charge is 0.264 e. The summed E-state index contributed by atoms with van der Waals surface area (Å²) in [5.41, 5.74) is 0.160. The van der Waals surface area contributed by atoms with Crippen LogP contribution in [0.1, 0.15) is 53.4 Å². The average Bonchev–Trinajstić information content (AvgIpc) is 2.67. The van der Waals surface area contributed by atoms with Crippen molar-refractivity contribution in [1.29, 1.82) is 0 Å². The van der Waals surface area contributed by atoms with Gasteiger partial charge in [-0.1, -0.05) is 40.0 Å². The fourth-order valence-corrected chi connectivity index (χ4v) is 6.63. The van der Waals surface area contributed by atoms with E-state index < -0.39 is 10.1 Å². The van der Waals surface area contributed by atoms with E-state index in [1.54, 1.807) is 0 Å². The molecule has 0 aliphatic heterocycles. The summed E-state index contributed by atoms with van der Waals surface area (Å²) in [6, 6.07) is 0. The van der Waals surface area contributed by atoms with Crippen LogP contribution < -0.4 is 0 Å². The maximum Gasteiger partial charge on any atom is 0.264 e. The SMILES string of the molecule is CCCCC(C)(C)[SiH2]C1CC1(C)OS(C)(=O)=O. The van der Waals surface area contributed by atoms with Crippen molar-refractivity contribution in [3.05, 3.63) is 0 Å². The van der Waals surface area contributed by atoms with Crippen molar-refractivity contribution in [2.75, 3.05) is 6.26 Å². The van der Waals surface area contributed by atoms with Gasteiger partial charge >= 0.3 is 0 Å². The third kappa shape index (κ3) is 5.10. The van der Waals surface area contributed by atoms with Gasteiger partial charge < -0.3 is 0 Å². The maximum absolute atomic E-state index is 11.2. The van der Waals surface area contributed by atoms with Gasteiger partial charge in [0.1, 0.15) is 0 Å². The van der Waals surface area contributed by atoms with Gasteiger partial charge in [0.2, 0.25) is 0 Å². The van der Waals surface area contributed by atoms with E-state index in [4.69, 9.17) is 4.18 Å². The molecule has 1 aliphatic carbocycles. The van der Waals surface area contributed by atoms with Gasteiger partial charge in [0.15, 0.2) is 0 Å². The zero-order valence-corrected chi connectivity index (χ0v) is 14.0. The predicted octanol–water partition coefficient (Wildman–Crippen LogP) is 2.47. The predicted molar refractivity (Wildman–Crippen MR) is 74.8 cm³/mol. The Bertz CT molecular complexity index is 364. The lowest BCUT2D eigenvalue weighted by atomic mass is 10.1. The number of hydrogen-bond donors (Lipinski definition) is 0. The second kappa shape index (κ2) is 5.01. The molecule has 0 radical (unpaired) electrons. The third-order valence-corrected chi connectivity index (χ3v) is 7.49. The first-order valence-corrected chi connectivity index (χ1v) is 9.83. The number of unbranched alkanes of at least 4 members (excludes halogenated alkanes) is 1. The van der Waals surface area contributed by atoms with E-state index in [2.05, 4.69) is 20.8 Å². The fraction of sp³-hybridized carbons (Fsp3) is 1.00. The maximum atomic E-state index is 11.2. The Morgan fingerprint density at radius 1 is 1.47 bits per heavy atom. The van der Waals surface area contributed by atoms with Crippen LogP contribution >= 0.6 is 0 Å². The molecule has 2 unspecified atom stereocenters. The van der Waals surface area contributed by atoms with Crippen molar-refractivity contribution < 1.29 is 12.6 Å². The van der Waals surface area contributed by atoms with Gasteiger partial charge in [-0.25, -0.2) is 0 Å². The van der Waals surface area contributed by atoms with E-state index in [9.17, 15) is 8.42 Å². The summed E-state index contributed by atoms with van der Waals surface area (Å²) in [5.74, 6) is 0. The van der Waals surface area contributed by atoms with Crippen LogP contribution in [0.4, 0.5) is 0 Å². The highest BCUT2D eigenvalue weighted by Gasteiger charge is 2.55. The first kappa shape index (κ1) is 15.2. The zero-order valence-electron chi connectivity index (χ0n) is 11.7. The Kier molecular flexibility index (Phi) is 4.48. The molecule has 3 nitrogen and oxygen atoms in total. The average molecular weight is 278 g/mol. The summed E-state index contributed by atoms with van der Waals surface area (Å²) in [7, 11) is -3.60. The Hall–Kier alpha value is 0.127. The lowest BCUT2D eigenvalue weighted by Crippen LogP contribution is -2.21. The third-order valence-electron chi connectivity index (χ3n) is 3.70. The lowest BCUT2D eigenvalue weighted by molar-refractivity contribution is 0.210. The molecule has 0 aromatic heterocycles. The monoisotopic (exact) mass is 278 g/mol. The molecule has 0 aromatic carbocycles. The first-order valence-electron chi connectivity index (χ1n) is 6.49. The van der Waals surface area contributed by atoms with E-state index in [0.29, 0.717) is 10.6 Å². The highest BCUT2D eigenvalue weighted by Crippen LogP contribution is 2.56. The normalized spacial score (nSPS) is 30.1. The molecule has 17 heavy (non-hydrogen) atoms. The molecule has 2 atom stereocenters. The van der Waals surface area contributed by atoms with Crippen molar-refractivity contribution in [2.45, 2.75) is 69.6 Å². The van der Waals surface area contributed by atoms with Crippen LogP contribution in [0, 0.1) is 0 Å². The molecule has 1 aliphatic rings. The Labute approximate surface area is 108 Å². The van der Waals surface area contributed by atoms with E-state index in [0.717, 1.165) is 12.7 Å². The van der Waals surface area contributed by atoms with Crippen LogP contribution in [0.25, 0.3) is 0 Å². The van der Waals surface area contributed by atoms with Crippen molar-refractivity contribution >= 4 is 19.6 Å². The molecular formula is C12H26O3SSi. The van der Waals surface area contributed by atoms with Crippen LogP contribution in [-0.4, -0.2) is 29.8 Å². The lowest BCUT2D eigenvalue weighted by Gasteiger charge is -2.25. The molecule has 0 N–H and O–H groups in total. The topological polar surface area (TPSA) is 43.4 Å². The van der Waals surface area contributed by atoms with Crippen molar-refractivity contribution in [3.8, 4) is 0 Å². The molecule has 0 saturated heterocycles.